The third kappa shape index (κ3) is 2.28. The lowest BCUT2D eigenvalue weighted by atomic mass is 9.76. The first-order chi connectivity index (χ1) is 7.53. The highest BCUT2D eigenvalue weighted by molar-refractivity contribution is 4.94. The first-order valence-electron chi connectivity index (χ1n) is 6.96. The van der Waals surface area contributed by atoms with Gasteiger partial charge in [0.1, 0.15) is 0 Å². The Morgan fingerprint density at radius 2 is 1.88 bits per heavy atom. The third-order valence-corrected chi connectivity index (χ3v) is 5.10. The molecule has 0 bridgehead atoms. The Morgan fingerprint density at radius 3 is 2.31 bits per heavy atom. The molecular weight excluding hydrogens is 196 g/mol. The molecule has 0 aliphatic carbocycles. The molecule has 0 saturated carbocycles. The second kappa shape index (κ2) is 4.66. The van der Waals surface area contributed by atoms with E-state index in [0.29, 0.717) is 5.41 Å². The highest BCUT2D eigenvalue weighted by Gasteiger charge is 2.40. The van der Waals surface area contributed by atoms with Gasteiger partial charge in [0.25, 0.3) is 0 Å². The average Bonchev–Trinajstić information content (AvgIpc) is 2.77. The van der Waals surface area contributed by atoms with Crippen LogP contribution in [0.1, 0.15) is 34.1 Å². The summed E-state index contributed by atoms with van der Waals surface area (Å²) >= 11 is 0. The molecule has 3 unspecified atom stereocenters. The molecule has 2 fully saturated rings. The van der Waals surface area contributed by atoms with E-state index in [9.17, 15) is 0 Å². The van der Waals surface area contributed by atoms with E-state index < -0.39 is 0 Å². The fraction of sp³-hybridized carbons (Fsp3) is 1.00. The van der Waals surface area contributed by atoms with E-state index in [0.717, 1.165) is 17.8 Å². The molecule has 16 heavy (non-hydrogen) atoms. The molecule has 94 valence electrons. The van der Waals surface area contributed by atoms with Crippen LogP contribution in [0.2, 0.25) is 0 Å². The molecule has 0 aromatic heterocycles. The van der Waals surface area contributed by atoms with Gasteiger partial charge in [-0.05, 0) is 36.1 Å². The standard InChI is InChI=1S/C14H28N2/c1-11(2)14(5-6-15-9-14)10-16-7-12(3)13(4)8-16/h11-13,15H,5-10H2,1-4H3. The van der Waals surface area contributed by atoms with Gasteiger partial charge in [-0.3, -0.25) is 0 Å². The zero-order valence-electron chi connectivity index (χ0n) is 11.4. The molecule has 1 N–H and O–H groups in total. The lowest BCUT2D eigenvalue weighted by molar-refractivity contribution is 0.131. The number of likely N-dealkylation sites (tertiary alicyclic amines) is 1. The smallest absolute Gasteiger partial charge is 0.00533 e. The van der Waals surface area contributed by atoms with Crippen LogP contribution in [-0.2, 0) is 0 Å². The average molecular weight is 224 g/mol. The zero-order chi connectivity index (χ0) is 11.8. The van der Waals surface area contributed by atoms with Crippen LogP contribution >= 0.6 is 0 Å². The number of nitrogens with one attached hydrogen (secondary N) is 1. The zero-order valence-corrected chi connectivity index (χ0v) is 11.4. The predicted molar refractivity (Wildman–Crippen MR) is 69.5 cm³/mol. The Morgan fingerprint density at radius 1 is 1.25 bits per heavy atom. The third-order valence-electron chi connectivity index (χ3n) is 5.10. The highest BCUT2D eigenvalue weighted by Crippen LogP contribution is 2.36. The van der Waals surface area contributed by atoms with Crippen LogP contribution in [0.5, 0.6) is 0 Å². The quantitative estimate of drug-likeness (QED) is 0.791. The van der Waals surface area contributed by atoms with Crippen LogP contribution in [-0.4, -0.2) is 37.6 Å². The van der Waals surface area contributed by atoms with Crippen LogP contribution in [0.3, 0.4) is 0 Å². The van der Waals surface area contributed by atoms with E-state index in [2.05, 4.69) is 37.9 Å². The molecule has 2 nitrogen and oxygen atoms in total. The van der Waals surface area contributed by atoms with E-state index >= 15 is 0 Å². The fourth-order valence-electron chi connectivity index (χ4n) is 3.40. The van der Waals surface area contributed by atoms with Gasteiger partial charge in [0, 0.05) is 26.2 Å². The summed E-state index contributed by atoms with van der Waals surface area (Å²) in [5.41, 5.74) is 0.545. The Balaban J connectivity index is 1.97. The monoisotopic (exact) mass is 224 g/mol. The van der Waals surface area contributed by atoms with Crippen molar-refractivity contribution in [3.8, 4) is 0 Å². The molecule has 0 aromatic rings. The summed E-state index contributed by atoms with van der Waals surface area (Å²) < 4.78 is 0. The molecule has 0 amide bonds. The van der Waals surface area contributed by atoms with Crippen LogP contribution in [0.25, 0.3) is 0 Å². The molecule has 2 aliphatic heterocycles. The first-order valence-corrected chi connectivity index (χ1v) is 6.96. The van der Waals surface area contributed by atoms with Crippen LogP contribution < -0.4 is 5.32 Å². The van der Waals surface area contributed by atoms with Crippen molar-refractivity contribution < 1.29 is 0 Å². The van der Waals surface area contributed by atoms with Gasteiger partial charge in [-0.15, -0.1) is 0 Å². The largest absolute Gasteiger partial charge is 0.316 e. The molecular formula is C14H28N2. The summed E-state index contributed by atoms with van der Waals surface area (Å²) in [5, 5.41) is 3.56. The van der Waals surface area contributed by atoms with Gasteiger partial charge >= 0.3 is 0 Å². The van der Waals surface area contributed by atoms with Crippen LogP contribution in [0.15, 0.2) is 0 Å². The maximum Gasteiger partial charge on any atom is 0.00533 e. The van der Waals surface area contributed by atoms with E-state index in [-0.39, 0.29) is 0 Å². The molecule has 0 radical (unpaired) electrons. The topological polar surface area (TPSA) is 15.3 Å². The summed E-state index contributed by atoms with van der Waals surface area (Å²) in [6.45, 7) is 16.0. The van der Waals surface area contributed by atoms with Gasteiger partial charge in [0.15, 0.2) is 0 Å². The number of rotatable bonds is 3. The number of hydrogen-bond acceptors (Lipinski definition) is 2. The molecule has 2 aliphatic rings. The van der Waals surface area contributed by atoms with Gasteiger partial charge in [-0.2, -0.15) is 0 Å². The van der Waals surface area contributed by atoms with Crippen molar-refractivity contribution in [1.82, 2.24) is 10.2 Å². The Labute approximate surface area is 101 Å². The number of hydrogen-bond donors (Lipinski definition) is 1. The van der Waals surface area contributed by atoms with Gasteiger partial charge in [-0.1, -0.05) is 27.7 Å². The molecule has 0 aromatic carbocycles. The van der Waals surface area contributed by atoms with Crippen molar-refractivity contribution in [2.45, 2.75) is 34.1 Å². The van der Waals surface area contributed by atoms with Gasteiger partial charge in [-0.25, -0.2) is 0 Å². The van der Waals surface area contributed by atoms with Gasteiger partial charge < -0.3 is 10.2 Å². The van der Waals surface area contributed by atoms with E-state index in [1.807, 2.05) is 0 Å². The summed E-state index contributed by atoms with van der Waals surface area (Å²) in [6, 6.07) is 0. The maximum absolute atomic E-state index is 3.56. The fourth-order valence-corrected chi connectivity index (χ4v) is 3.40. The molecule has 2 rings (SSSR count). The lowest BCUT2D eigenvalue weighted by Crippen LogP contribution is -2.42. The highest BCUT2D eigenvalue weighted by atomic mass is 15.2. The van der Waals surface area contributed by atoms with E-state index in [1.54, 1.807) is 0 Å². The first kappa shape index (κ1) is 12.4. The lowest BCUT2D eigenvalue weighted by Gasteiger charge is -2.36. The Bertz CT molecular complexity index is 221. The van der Waals surface area contributed by atoms with Crippen molar-refractivity contribution in [2.24, 2.45) is 23.2 Å². The molecule has 0 spiro atoms. The van der Waals surface area contributed by atoms with Gasteiger partial charge in [0.2, 0.25) is 0 Å². The second-order valence-electron chi connectivity index (χ2n) is 6.59. The second-order valence-corrected chi connectivity index (χ2v) is 6.59. The van der Waals surface area contributed by atoms with Gasteiger partial charge in [0.05, 0.1) is 0 Å². The van der Waals surface area contributed by atoms with Crippen molar-refractivity contribution >= 4 is 0 Å². The molecule has 2 heterocycles. The van der Waals surface area contributed by atoms with Crippen molar-refractivity contribution in [2.75, 3.05) is 32.7 Å². The molecule has 3 atom stereocenters. The van der Waals surface area contributed by atoms with Crippen LogP contribution in [0, 0.1) is 23.2 Å². The minimum absolute atomic E-state index is 0.545. The van der Waals surface area contributed by atoms with E-state index in [4.69, 9.17) is 0 Å². The van der Waals surface area contributed by atoms with Crippen molar-refractivity contribution in [3.63, 3.8) is 0 Å². The van der Waals surface area contributed by atoms with Crippen molar-refractivity contribution in [1.29, 1.82) is 0 Å². The Kier molecular flexibility index (Phi) is 3.60. The van der Waals surface area contributed by atoms with Crippen LogP contribution in [0.4, 0.5) is 0 Å². The Hall–Kier alpha value is -0.0800. The SMILES string of the molecule is CC1CN(CC2(C(C)C)CCNC2)CC1C. The minimum atomic E-state index is 0.545. The summed E-state index contributed by atoms with van der Waals surface area (Å²) in [7, 11) is 0. The normalized spacial score (nSPS) is 41.1. The molecule has 2 heteroatoms. The predicted octanol–water partition coefficient (Wildman–Crippen LogP) is 2.21. The number of nitrogens with zero attached hydrogens (tertiary/aromatic N) is 1. The van der Waals surface area contributed by atoms with E-state index in [1.165, 1.54) is 39.1 Å². The maximum atomic E-state index is 3.56. The van der Waals surface area contributed by atoms with Crippen molar-refractivity contribution in [3.05, 3.63) is 0 Å². The minimum Gasteiger partial charge on any atom is -0.316 e. The summed E-state index contributed by atoms with van der Waals surface area (Å²) in [5.74, 6) is 2.57. The summed E-state index contributed by atoms with van der Waals surface area (Å²) in [4.78, 5) is 2.71. The summed E-state index contributed by atoms with van der Waals surface area (Å²) in [6.07, 6.45) is 1.37. The molecule has 2 saturated heterocycles.